The minimum atomic E-state index is 0.104. The maximum atomic E-state index is 10.8. The summed E-state index contributed by atoms with van der Waals surface area (Å²) in [7, 11) is 1.66. The van der Waals surface area contributed by atoms with Crippen molar-refractivity contribution in [3.05, 3.63) is 0 Å². The molecule has 0 aliphatic carbocycles. The van der Waals surface area contributed by atoms with E-state index in [0.717, 1.165) is 38.8 Å². The standard InChI is InChI=1S/C10H22N2O2/c1-11-10(14)6-5-8-12-7-3-2-4-9-13/h12-13H,2-9H2,1H3,(H,11,14). The molecule has 0 atom stereocenters. The zero-order chi connectivity index (χ0) is 10.6. The van der Waals surface area contributed by atoms with Gasteiger partial charge >= 0.3 is 0 Å². The van der Waals surface area contributed by atoms with E-state index in [9.17, 15) is 4.79 Å². The summed E-state index contributed by atoms with van der Waals surface area (Å²) in [5, 5.41) is 14.4. The number of nitrogens with one attached hydrogen (secondary N) is 2. The molecule has 0 radical (unpaired) electrons. The lowest BCUT2D eigenvalue weighted by atomic mass is 10.2. The SMILES string of the molecule is CNC(=O)CCCNCCCCCO. The molecule has 0 rings (SSSR count). The molecule has 0 aromatic carbocycles. The summed E-state index contributed by atoms with van der Waals surface area (Å²) >= 11 is 0. The summed E-state index contributed by atoms with van der Waals surface area (Å²) in [4.78, 5) is 10.8. The van der Waals surface area contributed by atoms with Gasteiger partial charge in [-0.2, -0.15) is 0 Å². The molecule has 14 heavy (non-hydrogen) atoms. The lowest BCUT2D eigenvalue weighted by molar-refractivity contribution is -0.120. The third-order valence-electron chi connectivity index (χ3n) is 2.05. The Bertz CT molecular complexity index is 140. The molecule has 0 unspecified atom stereocenters. The van der Waals surface area contributed by atoms with E-state index in [-0.39, 0.29) is 12.5 Å². The van der Waals surface area contributed by atoms with Crippen LogP contribution in [-0.2, 0) is 4.79 Å². The predicted molar refractivity (Wildman–Crippen MR) is 57.1 cm³/mol. The van der Waals surface area contributed by atoms with Gasteiger partial charge in [0.1, 0.15) is 0 Å². The summed E-state index contributed by atoms with van der Waals surface area (Å²) in [5.74, 6) is 0.104. The summed E-state index contributed by atoms with van der Waals surface area (Å²) in [6, 6.07) is 0. The molecule has 0 aliphatic heterocycles. The third-order valence-corrected chi connectivity index (χ3v) is 2.05. The highest BCUT2D eigenvalue weighted by atomic mass is 16.2. The van der Waals surface area contributed by atoms with Crippen LogP contribution in [0.1, 0.15) is 32.1 Å². The van der Waals surface area contributed by atoms with Crippen molar-refractivity contribution in [2.24, 2.45) is 0 Å². The molecule has 3 N–H and O–H groups in total. The number of amides is 1. The molecule has 0 aliphatic rings. The molecule has 0 heterocycles. The Morgan fingerprint density at radius 2 is 1.86 bits per heavy atom. The Morgan fingerprint density at radius 3 is 2.50 bits per heavy atom. The number of aliphatic hydroxyl groups excluding tert-OH is 1. The molecular weight excluding hydrogens is 180 g/mol. The van der Waals surface area contributed by atoms with Crippen molar-refractivity contribution in [3.63, 3.8) is 0 Å². The first kappa shape index (κ1) is 13.4. The highest BCUT2D eigenvalue weighted by molar-refractivity contribution is 5.75. The number of rotatable bonds is 9. The van der Waals surface area contributed by atoms with Crippen molar-refractivity contribution < 1.29 is 9.90 Å². The Labute approximate surface area is 86.1 Å². The fourth-order valence-corrected chi connectivity index (χ4v) is 1.16. The highest BCUT2D eigenvalue weighted by Gasteiger charge is 1.96. The topological polar surface area (TPSA) is 61.4 Å². The van der Waals surface area contributed by atoms with Crippen LogP contribution >= 0.6 is 0 Å². The zero-order valence-electron chi connectivity index (χ0n) is 9.01. The van der Waals surface area contributed by atoms with Gasteiger partial charge in [0.25, 0.3) is 0 Å². The molecular formula is C10H22N2O2. The van der Waals surface area contributed by atoms with Crippen LogP contribution in [0.5, 0.6) is 0 Å². The Morgan fingerprint density at radius 1 is 1.14 bits per heavy atom. The lowest BCUT2D eigenvalue weighted by Crippen LogP contribution is -2.21. The van der Waals surface area contributed by atoms with E-state index in [1.807, 2.05) is 0 Å². The maximum Gasteiger partial charge on any atom is 0.219 e. The van der Waals surface area contributed by atoms with E-state index in [0.29, 0.717) is 6.42 Å². The van der Waals surface area contributed by atoms with Crippen LogP contribution in [0.25, 0.3) is 0 Å². The van der Waals surface area contributed by atoms with Crippen LogP contribution < -0.4 is 10.6 Å². The fraction of sp³-hybridized carbons (Fsp3) is 0.900. The van der Waals surface area contributed by atoms with Crippen molar-refractivity contribution in [1.82, 2.24) is 10.6 Å². The van der Waals surface area contributed by atoms with Gasteiger partial charge in [0.15, 0.2) is 0 Å². The van der Waals surface area contributed by atoms with Crippen molar-refractivity contribution >= 4 is 5.91 Å². The van der Waals surface area contributed by atoms with Crippen LogP contribution in [0.3, 0.4) is 0 Å². The predicted octanol–water partition coefficient (Wildman–Crippen LogP) is 0.265. The number of carbonyl (C=O) groups is 1. The molecule has 0 aromatic heterocycles. The van der Waals surface area contributed by atoms with Gasteiger partial charge in [-0.1, -0.05) is 0 Å². The van der Waals surface area contributed by atoms with Gasteiger partial charge in [0.2, 0.25) is 5.91 Å². The minimum absolute atomic E-state index is 0.104. The molecule has 0 saturated carbocycles. The molecule has 0 bridgehead atoms. The molecule has 4 nitrogen and oxygen atoms in total. The highest BCUT2D eigenvalue weighted by Crippen LogP contribution is 1.92. The van der Waals surface area contributed by atoms with Crippen LogP contribution in [0.2, 0.25) is 0 Å². The maximum absolute atomic E-state index is 10.8. The van der Waals surface area contributed by atoms with Crippen LogP contribution in [0.4, 0.5) is 0 Å². The monoisotopic (exact) mass is 202 g/mol. The van der Waals surface area contributed by atoms with E-state index < -0.39 is 0 Å². The molecule has 1 amide bonds. The summed E-state index contributed by atoms with van der Waals surface area (Å²) in [6.45, 7) is 2.16. The van der Waals surface area contributed by atoms with E-state index in [1.165, 1.54) is 0 Å². The van der Waals surface area contributed by atoms with E-state index in [2.05, 4.69) is 10.6 Å². The first-order valence-corrected chi connectivity index (χ1v) is 5.33. The average molecular weight is 202 g/mol. The quantitative estimate of drug-likeness (QED) is 0.470. The van der Waals surface area contributed by atoms with Gasteiger partial charge in [-0.05, 0) is 38.8 Å². The van der Waals surface area contributed by atoms with Crippen LogP contribution in [0, 0.1) is 0 Å². The Kier molecular flexibility index (Phi) is 10.0. The zero-order valence-corrected chi connectivity index (χ0v) is 9.01. The molecule has 0 fully saturated rings. The van der Waals surface area contributed by atoms with E-state index >= 15 is 0 Å². The van der Waals surface area contributed by atoms with Crippen molar-refractivity contribution in [2.75, 3.05) is 26.7 Å². The van der Waals surface area contributed by atoms with Gasteiger partial charge in [0, 0.05) is 20.1 Å². The first-order chi connectivity index (χ1) is 6.81. The fourth-order valence-electron chi connectivity index (χ4n) is 1.16. The largest absolute Gasteiger partial charge is 0.396 e. The number of hydrogen-bond donors (Lipinski definition) is 3. The van der Waals surface area contributed by atoms with Gasteiger partial charge in [0.05, 0.1) is 0 Å². The summed E-state index contributed by atoms with van der Waals surface area (Å²) < 4.78 is 0. The van der Waals surface area contributed by atoms with Gasteiger partial charge in [-0.3, -0.25) is 4.79 Å². The summed E-state index contributed by atoms with van der Waals surface area (Å²) in [6.07, 6.45) is 4.54. The second-order valence-corrected chi connectivity index (χ2v) is 3.31. The molecule has 84 valence electrons. The average Bonchev–Trinajstić information content (AvgIpc) is 2.21. The number of unbranched alkanes of at least 4 members (excludes halogenated alkanes) is 2. The van der Waals surface area contributed by atoms with Gasteiger partial charge in [-0.25, -0.2) is 0 Å². The Hall–Kier alpha value is -0.610. The smallest absolute Gasteiger partial charge is 0.219 e. The van der Waals surface area contributed by atoms with Crippen LogP contribution in [0.15, 0.2) is 0 Å². The van der Waals surface area contributed by atoms with Gasteiger partial charge < -0.3 is 15.7 Å². The van der Waals surface area contributed by atoms with Crippen molar-refractivity contribution in [1.29, 1.82) is 0 Å². The van der Waals surface area contributed by atoms with E-state index in [1.54, 1.807) is 7.05 Å². The minimum Gasteiger partial charge on any atom is -0.396 e. The van der Waals surface area contributed by atoms with Crippen molar-refractivity contribution in [3.8, 4) is 0 Å². The van der Waals surface area contributed by atoms with Crippen molar-refractivity contribution in [2.45, 2.75) is 32.1 Å². The lowest BCUT2D eigenvalue weighted by Gasteiger charge is -2.03. The molecule has 0 aromatic rings. The number of aliphatic hydroxyl groups is 1. The number of carbonyl (C=O) groups excluding carboxylic acids is 1. The third kappa shape index (κ3) is 9.48. The van der Waals surface area contributed by atoms with Gasteiger partial charge in [-0.15, -0.1) is 0 Å². The van der Waals surface area contributed by atoms with E-state index in [4.69, 9.17) is 5.11 Å². The number of hydrogen-bond acceptors (Lipinski definition) is 3. The van der Waals surface area contributed by atoms with Crippen LogP contribution in [-0.4, -0.2) is 37.8 Å². The molecule has 4 heteroatoms. The second kappa shape index (κ2) is 10.5. The summed E-state index contributed by atoms with van der Waals surface area (Å²) in [5.41, 5.74) is 0. The molecule has 0 spiro atoms. The Balaban J connectivity index is 2.95. The molecule has 0 saturated heterocycles. The first-order valence-electron chi connectivity index (χ1n) is 5.33. The second-order valence-electron chi connectivity index (χ2n) is 3.31. The normalized spacial score (nSPS) is 10.1.